The molecular weight excluding hydrogens is 363 g/mol. The highest BCUT2D eigenvalue weighted by Crippen LogP contribution is 2.40. The van der Waals surface area contributed by atoms with Gasteiger partial charge in [-0.3, -0.25) is 0 Å². The molecule has 0 saturated carbocycles. The van der Waals surface area contributed by atoms with Crippen LogP contribution in [-0.2, 0) is 0 Å². The number of rotatable bonds is 6. The average Bonchev–Trinajstić information content (AvgIpc) is 2.99. The molecule has 0 bridgehead atoms. The Labute approximate surface area is 162 Å². The third-order valence-electron chi connectivity index (χ3n) is 4.45. The van der Waals surface area contributed by atoms with Crippen molar-refractivity contribution in [2.45, 2.75) is 39.9 Å². The van der Waals surface area contributed by atoms with E-state index in [0.717, 1.165) is 0 Å². The molecular formula is C22H23FO5. The molecule has 0 fully saturated rings. The molecule has 0 amide bonds. The van der Waals surface area contributed by atoms with Crippen molar-refractivity contribution in [1.29, 1.82) is 0 Å². The summed E-state index contributed by atoms with van der Waals surface area (Å²) in [7, 11) is 0. The number of benzene rings is 2. The number of ether oxygens (including phenoxy) is 1. The number of carboxylic acids is 1. The largest absolute Gasteiger partial charge is 0.491 e. The second-order valence-corrected chi connectivity index (χ2v) is 7.36. The van der Waals surface area contributed by atoms with Gasteiger partial charge in [0.2, 0.25) is 0 Å². The molecule has 5 nitrogen and oxygen atoms in total. The first-order chi connectivity index (χ1) is 13.2. The predicted molar refractivity (Wildman–Crippen MR) is 104 cm³/mol. The molecule has 1 heterocycles. The molecule has 6 heteroatoms. The Kier molecular flexibility index (Phi) is 5.42. The van der Waals surface area contributed by atoms with Crippen LogP contribution in [0.4, 0.5) is 4.39 Å². The number of carbonyl (C=O) groups is 1. The van der Waals surface area contributed by atoms with Crippen LogP contribution in [0.15, 0.2) is 40.8 Å². The number of aromatic carboxylic acids is 1. The molecule has 148 valence electrons. The second kappa shape index (κ2) is 7.64. The molecule has 0 spiro atoms. The van der Waals surface area contributed by atoms with Crippen LogP contribution in [-0.4, -0.2) is 22.3 Å². The lowest BCUT2D eigenvalue weighted by Gasteiger charge is -2.20. The number of aliphatic hydroxyl groups is 1. The van der Waals surface area contributed by atoms with Crippen molar-refractivity contribution in [3.05, 3.63) is 53.3 Å². The lowest BCUT2D eigenvalue weighted by atomic mass is 9.96. The van der Waals surface area contributed by atoms with E-state index in [1.165, 1.54) is 24.3 Å². The van der Waals surface area contributed by atoms with Crippen LogP contribution in [0.2, 0.25) is 0 Å². The number of furan rings is 1. The van der Waals surface area contributed by atoms with Crippen LogP contribution in [0.1, 0.15) is 49.7 Å². The van der Waals surface area contributed by atoms with E-state index in [0.29, 0.717) is 27.8 Å². The number of halogens is 1. The van der Waals surface area contributed by atoms with Crippen LogP contribution < -0.4 is 4.74 Å². The fourth-order valence-corrected chi connectivity index (χ4v) is 3.10. The van der Waals surface area contributed by atoms with Gasteiger partial charge >= 0.3 is 5.97 Å². The van der Waals surface area contributed by atoms with E-state index in [9.17, 15) is 19.4 Å². The number of aliphatic hydroxyl groups excluding tert-OH is 1. The maximum atomic E-state index is 13.3. The summed E-state index contributed by atoms with van der Waals surface area (Å²) in [6, 6.07) is 8.64. The van der Waals surface area contributed by atoms with E-state index in [4.69, 9.17) is 9.15 Å². The lowest BCUT2D eigenvalue weighted by Crippen LogP contribution is -2.12. The minimum Gasteiger partial charge on any atom is -0.491 e. The maximum Gasteiger partial charge on any atom is 0.340 e. The van der Waals surface area contributed by atoms with E-state index in [1.807, 2.05) is 27.7 Å². The third-order valence-corrected chi connectivity index (χ3v) is 4.45. The Morgan fingerprint density at radius 3 is 2.29 bits per heavy atom. The van der Waals surface area contributed by atoms with Crippen molar-refractivity contribution in [2.75, 3.05) is 0 Å². The van der Waals surface area contributed by atoms with Crippen molar-refractivity contribution in [1.82, 2.24) is 0 Å². The summed E-state index contributed by atoms with van der Waals surface area (Å²) in [5.74, 6) is -1.11. The highest BCUT2D eigenvalue weighted by Gasteiger charge is 2.26. The molecule has 2 aromatic carbocycles. The monoisotopic (exact) mass is 386 g/mol. The molecule has 0 aliphatic heterocycles. The van der Waals surface area contributed by atoms with Gasteiger partial charge in [0, 0.05) is 16.5 Å². The van der Waals surface area contributed by atoms with Crippen LogP contribution in [0.3, 0.4) is 0 Å². The Morgan fingerprint density at radius 2 is 1.75 bits per heavy atom. The van der Waals surface area contributed by atoms with Gasteiger partial charge < -0.3 is 19.4 Å². The highest BCUT2D eigenvalue weighted by atomic mass is 19.1. The molecule has 3 aromatic rings. The molecule has 3 rings (SSSR count). The first kappa shape index (κ1) is 19.9. The standard InChI is InChI=1S/C22H23FO5/c1-11(2)20(24)16-10-17-15(9-18(16)27-12(3)4)19(22(25)26)21(28-17)13-5-7-14(23)8-6-13/h5-12,20,24H,1-4H3,(H,25,26). The normalized spacial score (nSPS) is 12.7. The SMILES string of the molecule is CC(C)Oc1cc2c(C(=O)O)c(-c3ccc(F)cc3)oc2cc1C(O)C(C)C. The molecule has 0 radical (unpaired) electrons. The lowest BCUT2D eigenvalue weighted by molar-refractivity contribution is 0.0699. The molecule has 0 saturated heterocycles. The molecule has 2 N–H and O–H groups in total. The van der Waals surface area contributed by atoms with Crippen LogP contribution in [0, 0.1) is 11.7 Å². The van der Waals surface area contributed by atoms with Crippen molar-refractivity contribution < 1.29 is 28.6 Å². The van der Waals surface area contributed by atoms with Gasteiger partial charge in [0.15, 0.2) is 0 Å². The topological polar surface area (TPSA) is 79.9 Å². The Morgan fingerprint density at radius 1 is 1.11 bits per heavy atom. The number of fused-ring (bicyclic) bond motifs is 1. The molecule has 1 atom stereocenters. The fourth-order valence-electron chi connectivity index (χ4n) is 3.10. The van der Waals surface area contributed by atoms with Crippen molar-refractivity contribution in [2.24, 2.45) is 5.92 Å². The van der Waals surface area contributed by atoms with E-state index < -0.39 is 17.9 Å². The van der Waals surface area contributed by atoms with Gasteiger partial charge in [-0.1, -0.05) is 13.8 Å². The van der Waals surface area contributed by atoms with Gasteiger partial charge in [0.1, 0.15) is 28.5 Å². The Hall–Kier alpha value is -2.86. The van der Waals surface area contributed by atoms with Gasteiger partial charge in [-0.25, -0.2) is 9.18 Å². The fraction of sp³-hybridized carbons (Fsp3) is 0.318. The van der Waals surface area contributed by atoms with E-state index in [-0.39, 0.29) is 23.3 Å². The van der Waals surface area contributed by atoms with Crippen molar-refractivity contribution in [3.8, 4) is 17.1 Å². The predicted octanol–water partition coefficient (Wildman–Crippen LogP) is 5.41. The summed E-state index contributed by atoms with van der Waals surface area (Å²) >= 11 is 0. The van der Waals surface area contributed by atoms with Gasteiger partial charge in [0.05, 0.1) is 12.2 Å². The quantitative estimate of drug-likeness (QED) is 0.592. The summed E-state index contributed by atoms with van der Waals surface area (Å²) in [5, 5.41) is 20.8. The first-order valence-corrected chi connectivity index (χ1v) is 9.13. The zero-order chi connectivity index (χ0) is 20.6. The highest BCUT2D eigenvalue weighted by molar-refractivity contribution is 6.08. The molecule has 28 heavy (non-hydrogen) atoms. The second-order valence-electron chi connectivity index (χ2n) is 7.36. The maximum absolute atomic E-state index is 13.3. The molecule has 1 unspecified atom stereocenters. The Bertz CT molecular complexity index is 1000. The number of hydrogen-bond acceptors (Lipinski definition) is 4. The minimum absolute atomic E-state index is 0.0270. The number of carboxylic acid groups (broad SMARTS) is 1. The molecule has 0 aliphatic rings. The van der Waals surface area contributed by atoms with Gasteiger partial charge in [-0.2, -0.15) is 0 Å². The summed E-state index contributed by atoms with van der Waals surface area (Å²) < 4.78 is 25.0. The zero-order valence-electron chi connectivity index (χ0n) is 16.2. The van der Waals surface area contributed by atoms with Gasteiger partial charge in [0.25, 0.3) is 0 Å². The zero-order valence-corrected chi connectivity index (χ0v) is 16.2. The summed E-state index contributed by atoms with van der Waals surface area (Å²) in [6.45, 7) is 7.46. The van der Waals surface area contributed by atoms with Gasteiger partial charge in [-0.05, 0) is 56.2 Å². The smallest absolute Gasteiger partial charge is 0.340 e. The van der Waals surface area contributed by atoms with E-state index in [1.54, 1.807) is 12.1 Å². The number of hydrogen-bond donors (Lipinski definition) is 2. The van der Waals surface area contributed by atoms with Crippen molar-refractivity contribution in [3.63, 3.8) is 0 Å². The summed E-state index contributed by atoms with van der Waals surface area (Å²) in [6.07, 6.45) is -0.960. The first-order valence-electron chi connectivity index (χ1n) is 9.13. The summed E-state index contributed by atoms with van der Waals surface area (Å²) in [5.41, 5.74) is 1.28. The summed E-state index contributed by atoms with van der Waals surface area (Å²) in [4.78, 5) is 12.0. The van der Waals surface area contributed by atoms with E-state index >= 15 is 0 Å². The average molecular weight is 386 g/mol. The third kappa shape index (κ3) is 3.73. The van der Waals surface area contributed by atoms with Crippen molar-refractivity contribution >= 4 is 16.9 Å². The van der Waals surface area contributed by atoms with Crippen LogP contribution in [0.25, 0.3) is 22.3 Å². The molecule has 1 aromatic heterocycles. The molecule has 0 aliphatic carbocycles. The van der Waals surface area contributed by atoms with Crippen LogP contribution in [0.5, 0.6) is 5.75 Å². The van der Waals surface area contributed by atoms with Gasteiger partial charge in [-0.15, -0.1) is 0 Å². The van der Waals surface area contributed by atoms with E-state index in [2.05, 4.69) is 0 Å². The van der Waals surface area contributed by atoms with Crippen LogP contribution >= 0.6 is 0 Å². The minimum atomic E-state index is -1.16. The Balaban J connectivity index is 2.29.